The highest BCUT2D eigenvalue weighted by atomic mass is 32.2. The first-order valence-corrected chi connectivity index (χ1v) is 11.2. The Labute approximate surface area is 186 Å². The van der Waals surface area contributed by atoms with Crippen LogP contribution in [0.4, 0.5) is 11.4 Å². The first-order chi connectivity index (χ1) is 15.2. The fourth-order valence-corrected chi connectivity index (χ4v) is 4.73. The number of carboxylic acid groups (broad SMARTS) is 1. The molecule has 0 unspecified atom stereocenters. The molecule has 0 fully saturated rings. The van der Waals surface area contributed by atoms with E-state index in [4.69, 9.17) is 9.47 Å². The second-order valence-corrected chi connectivity index (χ2v) is 8.25. The lowest BCUT2D eigenvalue weighted by atomic mass is 10.1. The highest BCUT2D eigenvalue weighted by Gasteiger charge is 2.22. The van der Waals surface area contributed by atoms with Crippen LogP contribution >= 0.6 is 11.8 Å². The molecule has 0 saturated carbocycles. The summed E-state index contributed by atoms with van der Waals surface area (Å²) < 4.78 is 11.3. The first-order valence-electron chi connectivity index (χ1n) is 10.4. The van der Waals surface area contributed by atoms with Crippen LogP contribution in [0.15, 0.2) is 82.6 Å². The summed E-state index contributed by atoms with van der Waals surface area (Å²) in [4.78, 5) is 16.1. The standard InChI is InChI=1S/C25H25NO4S/c1-2-29-22(25(27)28)17-18-11-13-19(14-12-18)30-16-15-26-20-7-3-5-9-23(20)31-24-10-6-4-8-21(24)26/h3-14,22H,2,15-17H2,1H3,(H,27,28)/t22-/m1/s1. The number of hydrogen-bond donors (Lipinski definition) is 1. The van der Waals surface area contributed by atoms with Crippen LogP contribution in [0.3, 0.4) is 0 Å². The summed E-state index contributed by atoms with van der Waals surface area (Å²) >= 11 is 1.79. The third kappa shape index (κ3) is 5.03. The fraction of sp³-hybridized carbons (Fsp3) is 0.240. The largest absolute Gasteiger partial charge is 0.492 e. The van der Waals surface area contributed by atoms with Gasteiger partial charge in [0.1, 0.15) is 12.4 Å². The minimum atomic E-state index is -0.942. The van der Waals surface area contributed by atoms with Crippen molar-refractivity contribution in [1.29, 1.82) is 0 Å². The quantitative estimate of drug-likeness (QED) is 0.486. The molecule has 1 atom stereocenters. The number of aliphatic carboxylic acids is 1. The lowest BCUT2D eigenvalue weighted by molar-refractivity contribution is -0.149. The van der Waals surface area contributed by atoms with Crippen molar-refractivity contribution in [3.8, 4) is 5.75 Å². The summed E-state index contributed by atoms with van der Waals surface area (Å²) in [6, 6.07) is 24.4. The van der Waals surface area contributed by atoms with Crippen LogP contribution in [-0.4, -0.2) is 36.9 Å². The third-order valence-electron chi connectivity index (χ3n) is 5.10. The number of ether oxygens (including phenoxy) is 2. The summed E-state index contributed by atoms with van der Waals surface area (Å²) in [6.45, 7) is 3.43. The molecule has 0 saturated heterocycles. The Morgan fingerprint density at radius 1 is 0.968 bits per heavy atom. The van der Waals surface area contributed by atoms with E-state index in [0.29, 0.717) is 19.6 Å². The zero-order valence-corrected chi connectivity index (χ0v) is 18.2. The van der Waals surface area contributed by atoms with Crippen LogP contribution in [-0.2, 0) is 16.0 Å². The molecule has 160 valence electrons. The molecule has 0 amide bonds. The molecule has 5 nitrogen and oxygen atoms in total. The van der Waals surface area contributed by atoms with Crippen molar-refractivity contribution in [2.45, 2.75) is 29.2 Å². The molecule has 3 aromatic rings. The van der Waals surface area contributed by atoms with Gasteiger partial charge < -0.3 is 19.5 Å². The van der Waals surface area contributed by atoms with Crippen molar-refractivity contribution in [3.05, 3.63) is 78.4 Å². The zero-order valence-electron chi connectivity index (χ0n) is 17.4. The van der Waals surface area contributed by atoms with Crippen molar-refractivity contribution in [3.63, 3.8) is 0 Å². The predicted octanol–water partition coefficient (Wildman–Crippen LogP) is 5.40. The Morgan fingerprint density at radius 3 is 2.16 bits per heavy atom. The number of anilines is 2. The average molecular weight is 436 g/mol. The van der Waals surface area contributed by atoms with E-state index in [1.165, 1.54) is 21.2 Å². The minimum Gasteiger partial charge on any atom is -0.492 e. The molecule has 1 aliphatic rings. The van der Waals surface area contributed by atoms with E-state index in [1.54, 1.807) is 18.7 Å². The van der Waals surface area contributed by atoms with Crippen LogP contribution in [0.25, 0.3) is 0 Å². The second-order valence-electron chi connectivity index (χ2n) is 7.17. The zero-order chi connectivity index (χ0) is 21.6. The molecule has 31 heavy (non-hydrogen) atoms. The summed E-state index contributed by atoms with van der Waals surface area (Å²) in [6.07, 6.45) is -0.489. The number of carbonyl (C=O) groups is 1. The predicted molar refractivity (Wildman–Crippen MR) is 123 cm³/mol. The van der Waals surface area contributed by atoms with Gasteiger partial charge in [0.2, 0.25) is 0 Å². The number of hydrogen-bond acceptors (Lipinski definition) is 5. The van der Waals surface area contributed by atoms with Crippen LogP contribution in [0.1, 0.15) is 12.5 Å². The SMILES string of the molecule is CCO[C@H](Cc1ccc(OCCN2c3ccccc3Sc3ccccc32)cc1)C(=O)O. The smallest absolute Gasteiger partial charge is 0.333 e. The topological polar surface area (TPSA) is 59.0 Å². The minimum absolute atomic E-state index is 0.336. The van der Waals surface area contributed by atoms with Gasteiger partial charge in [0.15, 0.2) is 6.10 Å². The summed E-state index contributed by atoms with van der Waals surface area (Å²) in [5.74, 6) is -0.178. The third-order valence-corrected chi connectivity index (χ3v) is 6.23. The lowest BCUT2D eigenvalue weighted by Gasteiger charge is -2.32. The molecule has 1 aliphatic heterocycles. The normalized spacial score (nSPS) is 13.3. The molecule has 1 N–H and O–H groups in total. The molecule has 0 radical (unpaired) electrons. The Morgan fingerprint density at radius 2 is 1.58 bits per heavy atom. The maximum absolute atomic E-state index is 11.3. The Bertz CT molecular complexity index is 992. The maximum Gasteiger partial charge on any atom is 0.333 e. The van der Waals surface area contributed by atoms with Gasteiger partial charge in [0.05, 0.1) is 17.9 Å². The summed E-state index contributed by atoms with van der Waals surface area (Å²) in [5, 5.41) is 9.24. The van der Waals surface area contributed by atoms with E-state index in [0.717, 1.165) is 17.9 Å². The van der Waals surface area contributed by atoms with Gasteiger partial charge in [-0.1, -0.05) is 48.2 Å². The molecule has 0 bridgehead atoms. The maximum atomic E-state index is 11.3. The van der Waals surface area contributed by atoms with Gasteiger partial charge in [0, 0.05) is 22.8 Å². The molecule has 1 heterocycles. The number of para-hydroxylation sites is 2. The molecule has 0 aliphatic carbocycles. The van der Waals surface area contributed by atoms with E-state index < -0.39 is 12.1 Å². The molecule has 0 spiro atoms. The molecule has 3 aromatic carbocycles. The molecule has 6 heteroatoms. The Hall–Kier alpha value is -2.96. The number of fused-ring (bicyclic) bond motifs is 2. The van der Waals surface area contributed by atoms with Gasteiger partial charge in [-0.25, -0.2) is 4.79 Å². The van der Waals surface area contributed by atoms with E-state index in [2.05, 4.69) is 53.4 Å². The highest BCUT2D eigenvalue weighted by molar-refractivity contribution is 7.99. The summed E-state index contributed by atoms with van der Waals surface area (Å²) in [7, 11) is 0. The molecular formula is C25H25NO4S. The van der Waals surface area contributed by atoms with Crippen molar-refractivity contribution in [2.75, 3.05) is 24.7 Å². The van der Waals surface area contributed by atoms with Gasteiger partial charge >= 0.3 is 5.97 Å². The fourth-order valence-electron chi connectivity index (χ4n) is 3.63. The van der Waals surface area contributed by atoms with Crippen molar-refractivity contribution in [1.82, 2.24) is 0 Å². The van der Waals surface area contributed by atoms with E-state index in [-0.39, 0.29) is 0 Å². The van der Waals surface area contributed by atoms with E-state index in [9.17, 15) is 9.90 Å². The average Bonchev–Trinajstić information content (AvgIpc) is 2.79. The van der Waals surface area contributed by atoms with Crippen molar-refractivity contribution in [2.24, 2.45) is 0 Å². The van der Waals surface area contributed by atoms with E-state index in [1.807, 2.05) is 24.3 Å². The van der Waals surface area contributed by atoms with Crippen LogP contribution in [0.2, 0.25) is 0 Å². The van der Waals surface area contributed by atoms with Crippen molar-refractivity contribution >= 4 is 29.1 Å². The number of rotatable bonds is 9. The van der Waals surface area contributed by atoms with Gasteiger partial charge in [-0.05, 0) is 48.9 Å². The van der Waals surface area contributed by atoms with Gasteiger partial charge in [-0.2, -0.15) is 0 Å². The van der Waals surface area contributed by atoms with Gasteiger partial charge in [-0.3, -0.25) is 0 Å². The number of nitrogens with zero attached hydrogens (tertiary/aromatic N) is 1. The monoisotopic (exact) mass is 435 g/mol. The van der Waals surface area contributed by atoms with Gasteiger partial charge in [0.25, 0.3) is 0 Å². The molecule has 0 aromatic heterocycles. The van der Waals surface area contributed by atoms with E-state index >= 15 is 0 Å². The van der Waals surface area contributed by atoms with Gasteiger partial charge in [-0.15, -0.1) is 0 Å². The summed E-state index contributed by atoms with van der Waals surface area (Å²) in [5.41, 5.74) is 3.30. The lowest BCUT2D eigenvalue weighted by Crippen LogP contribution is -2.26. The number of carboxylic acids is 1. The van der Waals surface area contributed by atoms with Crippen LogP contribution < -0.4 is 9.64 Å². The molecular weight excluding hydrogens is 410 g/mol. The first kappa shape index (κ1) is 21.3. The van der Waals surface area contributed by atoms with Crippen LogP contribution in [0.5, 0.6) is 5.75 Å². The Kier molecular flexibility index (Phi) is 6.79. The van der Waals surface area contributed by atoms with Crippen molar-refractivity contribution < 1.29 is 19.4 Å². The Balaban J connectivity index is 1.39. The number of benzene rings is 3. The molecule has 4 rings (SSSR count). The van der Waals surface area contributed by atoms with Crippen LogP contribution in [0, 0.1) is 0 Å². The second kappa shape index (κ2) is 9.90. The highest BCUT2D eigenvalue weighted by Crippen LogP contribution is 2.47.